The average Bonchev–Trinajstić information content (AvgIpc) is 2.60. The Bertz CT molecular complexity index is 818. The van der Waals surface area contributed by atoms with Gasteiger partial charge in [-0.05, 0) is 37.6 Å². The molecule has 1 N–H and O–H groups in total. The molecule has 0 aliphatic heterocycles. The molecule has 25 heavy (non-hydrogen) atoms. The number of rotatable bonds is 7. The van der Waals surface area contributed by atoms with E-state index in [4.69, 9.17) is 0 Å². The van der Waals surface area contributed by atoms with E-state index in [2.05, 4.69) is 5.32 Å². The summed E-state index contributed by atoms with van der Waals surface area (Å²) in [5.74, 6) is -0.279. The second kappa shape index (κ2) is 8.27. The molecule has 134 valence electrons. The van der Waals surface area contributed by atoms with Crippen molar-refractivity contribution in [3.05, 3.63) is 65.7 Å². The summed E-state index contributed by atoms with van der Waals surface area (Å²) in [5, 5.41) is 2.77. The number of carbonyl (C=O) groups is 1. The summed E-state index contributed by atoms with van der Waals surface area (Å²) in [6.07, 6.45) is 0. The lowest BCUT2D eigenvalue weighted by molar-refractivity contribution is 0.0943. The molecular weight excluding hydrogens is 336 g/mol. The molecule has 0 radical (unpaired) electrons. The number of nitrogens with zero attached hydrogens (tertiary/aromatic N) is 1. The quantitative estimate of drug-likeness (QED) is 0.825. The molecule has 0 heterocycles. The van der Waals surface area contributed by atoms with Crippen molar-refractivity contribution >= 4 is 15.9 Å². The monoisotopic (exact) mass is 360 g/mol. The van der Waals surface area contributed by atoms with E-state index in [0.717, 1.165) is 5.56 Å². The first-order valence-electron chi connectivity index (χ1n) is 8.29. The molecule has 0 saturated carbocycles. The highest BCUT2D eigenvalue weighted by Gasteiger charge is 2.24. The standard InChI is InChI=1S/C19H24N2O3S/c1-4-21(14-16-9-6-5-7-10-16)25(23,24)18-12-8-11-17(13-18)19(22)20-15(2)3/h5-13,15H,4,14H2,1-3H3,(H,20,22). The number of hydrogen-bond donors (Lipinski definition) is 1. The molecule has 0 fully saturated rings. The average molecular weight is 360 g/mol. The Labute approximate surface area is 149 Å². The third kappa shape index (κ3) is 4.90. The van der Waals surface area contributed by atoms with Gasteiger partial charge in [-0.15, -0.1) is 0 Å². The maximum absolute atomic E-state index is 13.0. The summed E-state index contributed by atoms with van der Waals surface area (Å²) in [5.41, 5.74) is 1.26. The van der Waals surface area contributed by atoms with Gasteiger partial charge in [-0.2, -0.15) is 4.31 Å². The molecule has 0 aromatic heterocycles. The van der Waals surface area contributed by atoms with Crippen molar-refractivity contribution < 1.29 is 13.2 Å². The van der Waals surface area contributed by atoms with Crippen molar-refractivity contribution in [1.29, 1.82) is 0 Å². The van der Waals surface area contributed by atoms with E-state index in [-0.39, 0.29) is 16.8 Å². The van der Waals surface area contributed by atoms with Gasteiger partial charge in [0.1, 0.15) is 0 Å². The van der Waals surface area contributed by atoms with Gasteiger partial charge >= 0.3 is 0 Å². The third-order valence-corrected chi connectivity index (χ3v) is 5.63. The summed E-state index contributed by atoms with van der Waals surface area (Å²) in [6.45, 7) is 6.16. The van der Waals surface area contributed by atoms with E-state index in [0.29, 0.717) is 18.7 Å². The van der Waals surface area contributed by atoms with E-state index in [1.807, 2.05) is 44.2 Å². The van der Waals surface area contributed by atoms with E-state index in [1.165, 1.54) is 16.4 Å². The molecule has 5 nitrogen and oxygen atoms in total. The van der Waals surface area contributed by atoms with Crippen LogP contribution in [0.2, 0.25) is 0 Å². The first-order valence-corrected chi connectivity index (χ1v) is 9.73. The molecule has 0 atom stereocenters. The Morgan fingerprint density at radius 2 is 1.76 bits per heavy atom. The molecule has 2 rings (SSSR count). The molecular formula is C19H24N2O3S. The van der Waals surface area contributed by atoms with Crippen LogP contribution in [0.4, 0.5) is 0 Å². The molecule has 1 amide bonds. The second-order valence-corrected chi connectivity index (χ2v) is 8.01. The number of amides is 1. The molecule has 0 saturated heterocycles. The van der Waals surface area contributed by atoms with Gasteiger partial charge < -0.3 is 5.32 Å². The van der Waals surface area contributed by atoms with Crippen LogP contribution in [0.3, 0.4) is 0 Å². The number of carbonyl (C=O) groups excluding carboxylic acids is 1. The zero-order valence-corrected chi connectivity index (χ0v) is 15.6. The van der Waals surface area contributed by atoms with Crippen molar-refractivity contribution in [3.8, 4) is 0 Å². The summed E-state index contributed by atoms with van der Waals surface area (Å²) in [6, 6.07) is 15.6. The van der Waals surface area contributed by atoms with Crippen LogP contribution in [0.25, 0.3) is 0 Å². The molecule has 0 spiro atoms. The fraction of sp³-hybridized carbons (Fsp3) is 0.316. The molecule has 2 aromatic carbocycles. The highest BCUT2D eigenvalue weighted by atomic mass is 32.2. The van der Waals surface area contributed by atoms with Crippen LogP contribution in [-0.2, 0) is 16.6 Å². The fourth-order valence-electron chi connectivity index (χ4n) is 2.45. The Morgan fingerprint density at radius 3 is 2.36 bits per heavy atom. The van der Waals surface area contributed by atoms with Gasteiger partial charge in [0.05, 0.1) is 4.90 Å². The Hall–Kier alpha value is -2.18. The van der Waals surface area contributed by atoms with Crippen molar-refractivity contribution in [1.82, 2.24) is 9.62 Å². The first kappa shape index (κ1) is 19.1. The molecule has 0 bridgehead atoms. The van der Waals surface area contributed by atoms with Crippen molar-refractivity contribution in [2.75, 3.05) is 6.54 Å². The van der Waals surface area contributed by atoms with Crippen LogP contribution in [0.5, 0.6) is 0 Å². The van der Waals surface area contributed by atoms with E-state index in [1.54, 1.807) is 19.1 Å². The highest BCUT2D eigenvalue weighted by Crippen LogP contribution is 2.19. The lowest BCUT2D eigenvalue weighted by Crippen LogP contribution is -2.32. The Morgan fingerprint density at radius 1 is 1.08 bits per heavy atom. The first-order chi connectivity index (χ1) is 11.8. The Balaban J connectivity index is 2.29. The van der Waals surface area contributed by atoms with Crippen LogP contribution in [0.15, 0.2) is 59.5 Å². The van der Waals surface area contributed by atoms with Crippen molar-refractivity contribution in [2.24, 2.45) is 0 Å². The highest BCUT2D eigenvalue weighted by molar-refractivity contribution is 7.89. The van der Waals surface area contributed by atoms with Gasteiger partial charge in [-0.3, -0.25) is 4.79 Å². The van der Waals surface area contributed by atoms with Gasteiger partial charge in [0.25, 0.3) is 5.91 Å². The zero-order valence-electron chi connectivity index (χ0n) is 14.8. The predicted molar refractivity (Wildman–Crippen MR) is 98.8 cm³/mol. The molecule has 0 unspecified atom stereocenters. The summed E-state index contributed by atoms with van der Waals surface area (Å²) in [4.78, 5) is 12.3. The van der Waals surface area contributed by atoms with Crippen LogP contribution in [-0.4, -0.2) is 31.2 Å². The Kier molecular flexibility index (Phi) is 6.33. The van der Waals surface area contributed by atoms with Crippen LogP contribution in [0.1, 0.15) is 36.7 Å². The summed E-state index contributed by atoms with van der Waals surface area (Å²) >= 11 is 0. The maximum atomic E-state index is 13.0. The van der Waals surface area contributed by atoms with Gasteiger partial charge in [0.15, 0.2) is 0 Å². The van der Waals surface area contributed by atoms with E-state index < -0.39 is 10.0 Å². The van der Waals surface area contributed by atoms with Gasteiger partial charge in [0, 0.05) is 24.7 Å². The number of hydrogen-bond acceptors (Lipinski definition) is 3. The van der Waals surface area contributed by atoms with Crippen LogP contribution >= 0.6 is 0 Å². The van der Waals surface area contributed by atoms with Gasteiger partial charge in [-0.25, -0.2) is 8.42 Å². The smallest absolute Gasteiger partial charge is 0.251 e. The van der Waals surface area contributed by atoms with Gasteiger partial charge in [0.2, 0.25) is 10.0 Å². The third-order valence-electron chi connectivity index (χ3n) is 3.71. The number of nitrogens with one attached hydrogen (secondary N) is 1. The van der Waals surface area contributed by atoms with Crippen LogP contribution < -0.4 is 5.32 Å². The van der Waals surface area contributed by atoms with Crippen molar-refractivity contribution in [3.63, 3.8) is 0 Å². The minimum Gasteiger partial charge on any atom is -0.350 e. The largest absolute Gasteiger partial charge is 0.350 e. The number of benzene rings is 2. The topological polar surface area (TPSA) is 66.5 Å². The predicted octanol–water partition coefficient (Wildman–Crippen LogP) is 3.04. The SMILES string of the molecule is CCN(Cc1ccccc1)S(=O)(=O)c1cccc(C(=O)NC(C)C)c1. The summed E-state index contributed by atoms with van der Waals surface area (Å²) < 4.78 is 27.3. The zero-order chi connectivity index (χ0) is 18.4. The minimum atomic E-state index is -3.68. The lowest BCUT2D eigenvalue weighted by Gasteiger charge is -2.21. The van der Waals surface area contributed by atoms with E-state index >= 15 is 0 Å². The lowest BCUT2D eigenvalue weighted by atomic mass is 10.2. The van der Waals surface area contributed by atoms with E-state index in [9.17, 15) is 13.2 Å². The second-order valence-electron chi connectivity index (χ2n) is 6.07. The van der Waals surface area contributed by atoms with Gasteiger partial charge in [-0.1, -0.05) is 43.3 Å². The van der Waals surface area contributed by atoms with Crippen LogP contribution in [0, 0.1) is 0 Å². The summed E-state index contributed by atoms with van der Waals surface area (Å²) in [7, 11) is -3.68. The molecule has 0 aliphatic carbocycles. The molecule has 6 heteroatoms. The van der Waals surface area contributed by atoms with Crippen molar-refractivity contribution in [2.45, 2.75) is 38.3 Å². The number of sulfonamides is 1. The normalized spacial score (nSPS) is 11.7. The minimum absolute atomic E-state index is 0.0158. The maximum Gasteiger partial charge on any atom is 0.251 e. The molecule has 2 aromatic rings. The fourth-order valence-corrected chi connectivity index (χ4v) is 3.93. The molecule has 0 aliphatic rings.